The van der Waals surface area contributed by atoms with Crippen molar-refractivity contribution in [2.45, 2.75) is 18.7 Å². The average Bonchev–Trinajstić information content (AvgIpc) is 2.84. The van der Waals surface area contributed by atoms with Gasteiger partial charge in [-0.1, -0.05) is 12.1 Å². The maximum absolute atomic E-state index is 12.5. The van der Waals surface area contributed by atoms with Crippen LogP contribution < -0.4 is 10.5 Å². The van der Waals surface area contributed by atoms with Crippen molar-refractivity contribution in [1.29, 1.82) is 0 Å². The molecule has 0 bridgehead atoms. The third-order valence-electron chi connectivity index (χ3n) is 3.15. The van der Waals surface area contributed by atoms with E-state index in [2.05, 4.69) is 4.72 Å². The number of sulfonamides is 1. The normalized spacial score (nSPS) is 11.2. The van der Waals surface area contributed by atoms with Crippen LogP contribution in [-0.2, 0) is 10.0 Å². The average molecular weight is 338 g/mol. The summed E-state index contributed by atoms with van der Waals surface area (Å²) in [4.78, 5) is 22.0. The van der Waals surface area contributed by atoms with Crippen molar-refractivity contribution in [2.75, 3.05) is 4.72 Å². The summed E-state index contributed by atoms with van der Waals surface area (Å²) < 4.78 is 32.1. The Labute approximate surface area is 132 Å². The fourth-order valence-corrected chi connectivity index (χ4v) is 3.37. The van der Waals surface area contributed by atoms with E-state index in [4.69, 9.17) is 15.3 Å². The van der Waals surface area contributed by atoms with E-state index in [0.717, 1.165) is 6.07 Å². The van der Waals surface area contributed by atoms with Crippen LogP contribution in [0.4, 0.5) is 5.69 Å². The van der Waals surface area contributed by atoms with Crippen LogP contribution in [0.15, 0.2) is 33.6 Å². The third kappa shape index (κ3) is 3.19. The smallest absolute Gasteiger partial charge is 0.371 e. The number of carbonyl (C=O) groups is 2. The van der Waals surface area contributed by atoms with Gasteiger partial charge in [-0.05, 0) is 25.5 Å². The summed E-state index contributed by atoms with van der Waals surface area (Å²) >= 11 is 0. The first-order chi connectivity index (χ1) is 10.6. The van der Waals surface area contributed by atoms with Gasteiger partial charge >= 0.3 is 5.97 Å². The number of primary amides is 1. The largest absolute Gasteiger partial charge is 0.475 e. The monoisotopic (exact) mass is 338 g/mol. The lowest BCUT2D eigenvalue weighted by molar-refractivity contribution is 0.0660. The van der Waals surface area contributed by atoms with Crippen molar-refractivity contribution in [3.8, 4) is 0 Å². The Bertz CT molecular complexity index is 898. The molecular formula is C14H14N2O6S. The van der Waals surface area contributed by atoms with E-state index in [-0.39, 0.29) is 21.9 Å². The highest BCUT2D eigenvalue weighted by Gasteiger charge is 2.25. The molecule has 9 heteroatoms. The lowest BCUT2D eigenvalue weighted by Crippen LogP contribution is -2.19. The van der Waals surface area contributed by atoms with Crippen molar-refractivity contribution >= 4 is 27.6 Å². The maximum Gasteiger partial charge on any atom is 0.371 e. The quantitative estimate of drug-likeness (QED) is 0.754. The van der Waals surface area contributed by atoms with E-state index in [1.165, 1.54) is 13.0 Å². The number of hydrogen-bond donors (Lipinski definition) is 3. The zero-order valence-corrected chi connectivity index (χ0v) is 13.1. The SMILES string of the molecule is Cc1cccc(C(N)=O)c1NS(=O)(=O)c1cc(C(=O)O)oc1C. The minimum Gasteiger partial charge on any atom is -0.475 e. The topological polar surface area (TPSA) is 140 Å². The van der Waals surface area contributed by atoms with Gasteiger partial charge in [-0.3, -0.25) is 9.52 Å². The number of furan rings is 1. The minimum atomic E-state index is -4.15. The van der Waals surface area contributed by atoms with E-state index in [1.807, 2.05) is 0 Å². The summed E-state index contributed by atoms with van der Waals surface area (Å²) in [6.07, 6.45) is 0. The van der Waals surface area contributed by atoms with Gasteiger partial charge in [0, 0.05) is 6.07 Å². The predicted octanol–water partition coefficient (Wildman–Crippen LogP) is 1.49. The first kappa shape index (κ1) is 16.6. The first-order valence-electron chi connectivity index (χ1n) is 6.39. The third-order valence-corrected chi connectivity index (χ3v) is 4.60. The molecule has 1 amide bonds. The second kappa shape index (κ2) is 5.76. The van der Waals surface area contributed by atoms with Gasteiger partial charge in [-0.25, -0.2) is 13.2 Å². The van der Waals surface area contributed by atoms with E-state index >= 15 is 0 Å². The number of anilines is 1. The fourth-order valence-electron chi connectivity index (χ4n) is 2.04. The van der Waals surface area contributed by atoms with Crippen molar-refractivity contribution in [3.63, 3.8) is 0 Å². The highest BCUT2D eigenvalue weighted by atomic mass is 32.2. The summed E-state index contributed by atoms with van der Waals surface area (Å²) in [5.41, 5.74) is 5.78. The Morgan fingerprint density at radius 2 is 1.91 bits per heavy atom. The molecule has 0 saturated carbocycles. The molecule has 0 aliphatic heterocycles. The number of para-hydroxylation sites is 1. The Balaban J connectivity index is 2.52. The second-order valence-corrected chi connectivity index (χ2v) is 6.45. The van der Waals surface area contributed by atoms with Crippen LogP contribution in [0.1, 0.15) is 32.2 Å². The number of amides is 1. The van der Waals surface area contributed by atoms with Gasteiger partial charge in [0.25, 0.3) is 15.9 Å². The first-order valence-corrected chi connectivity index (χ1v) is 7.87. The number of benzene rings is 1. The minimum absolute atomic E-state index is 0.00758. The molecule has 2 rings (SSSR count). The number of hydrogen-bond acceptors (Lipinski definition) is 5. The summed E-state index contributed by atoms with van der Waals surface area (Å²) in [5.74, 6) is -2.75. The van der Waals surface area contributed by atoms with E-state index < -0.39 is 27.7 Å². The number of nitrogens with one attached hydrogen (secondary N) is 1. The van der Waals surface area contributed by atoms with Gasteiger partial charge in [0.1, 0.15) is 10.7 Å². The van der Waals surface area contributed by atoms with Crippen LogP contribution in [0.25, 0.3) is 0 Å². The molecule has 1 aromatic heterocycles. The standard InChI is InChI=1S/C14H14N2O6S/c1-7-4-3-5-9(13(15)17)12(7)16-23(20,21)11-6-10(14(18)19)22-8(11)2/h3-6,16H,1-2H3,(H2,15,17)(H,18,19). The molecular weight excluding hydrogens is 324 g/mol. The summed E-state index contributed by atoms with van der Waals surface area (Å²) in [5, 5.41) is 8.87. The Kier molecular flexibility index (Phi) is 4.15. The molecule has 8 nitrogen and oxygen atoms in total. The van der Waals surface area contributed by atoms with Gasteiger partial charge < -0.3 is 15.3 Å². The summed E-state index contributed by atoms with van der Waals surface area (Å²) in [6, 6.07) is 5.47. The molecule has 4 N–H and O–H groups in total. The lowest BCUT2D eigenvalue weighted by atomic mass is 10.1. The zero-order valence-electron chi connectivity index (χ0n) is 12.3. The number of aromatic carboxylic acids is 1. The number of nitrogens with two attached hydrogens (primary N) is 1. The van der Waals surface area contributed by atoms with Crippen molar-refractivity contribution in [2.24, 2.45) is 5.73 Å². The maximum atomic E-state index is 12.5. The number of aryl methyl sites for hydroxylation is 2. The summed E-state index contributed by atoms with van der Waals surface area (Å²) in [6.45, 7) is 2.93. The van der Waals surface area contributed by atoms with Crippen LogP contribution >= 0.6 is 0 Å². The number of rotatable bonds is 5. The Morgan fingerprint density at radius 3 is 2.43 bits per heavy atom. The highest BCUT2D eigenvalue weighted by Crippen LogP contribution is 2.26. The van der Waals surface area contributed by atoms with Gasteiger partial charge in [0.05, 0.1) is 11.3 Å². The predicted molar refractivity (Wildman–Crippen MR) is 80.9 cm³/mol. The molecule has 0 radical (unpaired) electrons. The molecule has 0 aliphatic carbocycles. The van der Waals surface area contributed by atoms with Gasteiger partial charge in [0.15, 0.2) is 0 Å². The zero-order chi connectivity index (χ0) is 17.4. The molecule has 0 saturated heterocycles. The molecule has 0 spiro atoms. The molecule has 0 unspecified atom stereocenters. The van der Waals surface area contributed by atoms with Crippen LogP contribution in [0, 0.1) is 13.8 Å². The number of carboxylic acid groups (broad SMARTS) is 1. The van der Waals surface area contributed by atoms with Crippen LogP contribution in [0.5, 0.6) is 0 Å². The van der Waals surface area contributed by atoms with E-state index in [9.17, 15) is 18.0 Å². The molecule has 23 heavy (non-hydrogen) atoms. The van der Waals surface area contributed by atoms with Crippen LogP contribution in [0.2, 0.25) is 0 Å². The molecule has 1 aromatic carbocycles. The second-order valence-electron chi connectivity index (χ2n) is 4.80. The van der Waals surface area contributed by atoms with Crippen molar-refractivity contribution in [1.82, 2.24) is 0 Å². The van der Waals surface area contributed by atoms with Crippen molar-refractivity contribution in [3.05, 3.63) is 46.9 Å². The fraction of sp³-hybridized carbons (Fsp3) is 0.143. The van der Waals surface area contributed by atoms with Crippen LogP contribution in [-0.4, -0.2) is 25.4 Å². The van der Waals surface area contributed by atoms with Crippen LogP contribution in [0.3, 0.4) is 0 Å². The van der Waals surface area contributed by atoms with Gasteiger partial charge in [0.2, 0.25) is 5.76 Å². The summed E-state index contributed by atoms with van der Waals surface area (Å²) in [7, 11) is -4.15. The Hall–Kier alpha value is -2.81. The molecule has 1 heterocycles. The lowest BCUT2D eigenvalue weighted by Gasteiger charge is -2.13. The van der Waals surface area contributed by atoms with E-state index in [1.54, 1.807) is 19.1 Å². The van der Waals surface area contributed by atoms with Gasteiger partial charge in [-0.2, -0.15) is 0 Å². The molecule has 0 fully saturated rings. The highest BCUT2D eigenvalue weighted by molar-refractivity contribution is 7.92. The Morgan fingerprint density at radius 1 is 1.26 bits per heavy atom. The molecule has 2 aromatic rings. The number of carboxylic acids is 1. The number of carbonyl (C=O) groups excluding carboxylic acids is 1. The molecule has 0 aliphatic rings. The molecule has 122 valence electrons. The van der Waals surface area contributed by atoms with Gasteiger partial charge in [-0.15, -0.1) is 0 Å². The van der Waals surface area contributed by atoms with Crippen molar-refractivity contribution < 1.29 is 27.5 Å². The van der Waals surface area contributed by atoms with E-state index in [0.29, 0.717) is 5.56 Å². The molecule has 0 atom stereocenters.